The van der Waals surface area contributed by atoms with Crippen LogP contribution in [0, 0.1) is 5.82 Å². The third kappa shape index (κ3) is 4.95. The molecule has 6 heteroatoms. The van der Waals surface area contributed by atoms with E-state index in [0.29, 0.717) is 6.61 Å². The van der Waals surface area contributed by atoms with E-state index in [2.05, 4.69) is 10.00 Å². The van der Waals surface area contributed by atoms with E-state index < -0.39 is 0 Å². The topological polar surface area (TPSA) is 39.5 Å². The summed E-state index contributed by atoms with van der Waals surface area (Å²) in [5, 5.41) is 4.63. The maximum atomic E-state index is 13.1. The number of para-hydroxylation sites is 2. The Kier molecular flexibility index (Phi) is 6.10. The molecule has 152 valence electrons. The zero-order valence-corrected chi connectivity index (χ0v) is 16.6. The molecule has 4 rings (SSSR count). The average molecular weight is 395 g/mol. The maximum absolute atomic E-state index is 13.1. The zero-order chi connectivity index (χ0) is 20.1. The molecule has 0 bridgehead atoms. The van der Waals surface area contributed by atoms with Crippen LogP contribution in [0.25, 0.3) is 11.3 Å². The minimum atomic E-state index is -0.234. The minimum Gasteiger partial charge on any atom is -0.490 e. The molecule has 0 amide bonds. The highest BCUT2D eigenvalue weighted by molar-refractivity contribution is 5.58. The van der Waals surface area contributed by atoms with Crippen molar-refractivity contribution in [3.63, 3.8) is 0 Å². The van der Waals surface area contributed by atoms with Gasteiger partial charge in [-0.1, -0.05) is 12.1 Å². The van der Waals surface area contributed by atoms with Crippen LogP contribution >= 0.6 is 0 Å². The Balaban J connectivity index is 1.30. The lowest BCUT2D eigenvalue weighted by molar-refractivity contribution is 0.0783. The second-order valence-corrected chi connectivity index (χ2v) is 7.20. The number of hydrogen-bond donors (Lipinski definition) is 0. The standard InChI is InChI=1S/C23H26FN3O2/c1-2-28-22-5-3-4-6-23(22)29-20-11-14-26(15-12-20)17-27-16-13-21(25-27)18-7-9-19(24)10-8-18/h3-10,13,16,20H,2,11-12,14-15,17H2,1H3. The molecular formula is C23H26FN3O2. The first-order chi connectivity index (χ1) is 14.2. The molecule has 0 unspecified atom stereocenters. The summed E-state index contributed by atoms with van der Waals surface area (Å²) < 4.78 is 26.9. The van der Waals surface area contributed by atoms with Crippen molar-refractivity contribution in [2.24, 2.45) is 0 Å². The van der Waals surface area contributed by atoms with Crippen LogP contribution in [0.3, 0.4) is 0 Å². The van der Waals surface area contributed by atoms with Crippen LogP contribution in [0.5, 0.6) is 11.5 Å². The van der Waals surface area contributed by atoms with Crippen LogP contribution in [0.2, 0.25) is 0 Å². The molecule has 2 aromatic carbocycles. The van der Waals surface area contributed by atoms with Crippen molar-refractivity contribution in [3.05, 3.63) is 66.6 Å². The number of likely N-dealkylation sites (tertiary alicyclic amines) is 1. The van der Waals surface area contributed by atoms with Gasteiger partial charge in [0.2, 0.25) is 0 Å². The molecule has 0 saturated carbocycles. The van der Waals surface area contributed by atoms with Crippen LogP contribution in [0.15, 0.2) is 60.8 Å². The summed E-state index contributed by atoms with van der Waals surface area (Å²) in [7, 11) is 0. The Bertz CT molecular complexity index is 918. The summed E-state index contributed by atoms with van der Waals surface area (Å²) in [4.78, 5) is 2.37. The van der Waals surface area contributed by atoms with Gasteiger partial charge in [0.05, 0.1) is 19.0 Å². The summed E-state index contributed by atoms with van der Waals surface area (Å²) >= 11 is 0. The maximum Gasteiger partial charge on any atom is 0.161 e. The molecular weight excluding hydrogens is 369 g/mol. The number of nitrogens with zero attached hydrogens (tertiary/aromatic N) is 3. The molecule has 5 nitrogen and oxygen atoms in total. The number of benzene rings is 2. The smallest absolute Gasteiger partial charge is 0.161 e. The fraction of sp³-hybridized carbons (Fsp3) is 0.348. The highest BCUT2D eigenvalue weighted by Crippen LogP contribution is 2.29. The summed E-state index contributed by atoms with van der Waals surface area (Å²) in [6.07, 6.45) is 4.10. The van der Waals surface area contributed by atoms with Gasteiger partial charge >= 0.3 is 0 Å². The zero-order valence-electron chi connectivity index (χ0n) is 16.6. The number of piperidine rings is 1. The lowest BCUT2D eigenvalue weighted by Gasteiger charge is -2.32. The van der Waals surface area contributed by atoms with Gasteiger partial charge in [-0.15, -0.1) is 0 Å². The number of hydrogen-bond acceptors (Lipinski definition) is 4. The van der Waals surface area contributed by atoms with Gasteiger partial charge in [-0.25, -0.2) is 4.39 Å². The first-order valence-electron chi connectivity index (χ1n) is 10.1. The summed E-state index contributed by atoms with van der Waals surface area (Å²) in [5.41, 5.74) is 1.78. The van der Waals surface area contributed by atoms with E-state index in [1.807, 2.05) is 48.1 Å². The summed E-state index contributed by atoms with van der Waals surface area (Å²) in [6.45, 7) is 5.25. The lowest BCUT2D eigenvalue weighted by Crippen LogP contribution is -2.39. The first-order valence-corrected chi connectivity index (χ1v) is 10.1. The van der Waals surface area contributed by atoms with Crippen LogP contribution in [0.4, 0.5) is 4.39 Å². The third-order valence-corrected chi connectivity index (χ3v) is 5.10. The Morgan fingerprint density at radius 2 is 1.72 bits per heavy atom. The monoisotopic (exact) mass is 395 g/mol. The van der Waals surface area contributed by atoms with Crippen molar-refractivity contribution in [3.8, 4) is 22.8 Å². The molecule has 0 aliphatic carbocycles. The first kappa shape index (κ1) is 19.5. The van der Waals surface area contributed by atoms with Gasteiger partial charge < -0.3 is 9.47 Å². The van der Waals surface area contributed by atoms with Gasteiger partial charge in [0.25, 0.3) is 0 Å². The number of ether oxygens (including phenoxy) is 2. The van der Waals surface area contributed by atoms with E-state index >= 15 is 0 Å². The molecule has 2 heterocycles. The molecule has 1 fully saturated rings. The minimum absolute atomic E-state index is 0.195. The van der Waals surface area contributed by atoms with Crippen molar-refractivity contribution in [2.45, 2.75) is 32.5 Å². The van der Waals surface area contributed by atoms with Gasteiger partial charge in [0.15, 0.2) is 11.5 Å². The number of aromatic nitrogens is 2. The van der Waals surface area contributed by atoms with Crippen molar-refractivity contribution in [1.29, 1.82) is 0 Å². The van der Waals surface area contributed by atoms with Gasteiger partial charge in [0, 0.05) is 24.8 Å². The second-order valence-electron chi connectivity index (χ2n) is 7.20. The SMILES string of the molecule is CCOc1ccccc1OC1CCN(Cn2ccc(-c3ccc(F)cc3)n2)CC1. The molecule has 1 aliphatic heterocycles. The van der Waals surface area contributed by atoms with Gasteiger partial charge in [-0.05, 0) is 62.2 Å². The third-order valence-electron chi connectivity index (χ3n) is 5.10. The van der Waals surface area contributed by atoms with Crippen molar-refractivity contribution < 1.29 is 13.9 Å². The largest absolute Gasteiger partial charge is 0.490 e. The van der Waals surface area contributed by atoms with Gasteiger partial charge in [-0.2, -0.15) is 5.10 Å². The van der Waals surface area contributed by atoms with E-state index in [1.165, 1.54) is 12.1 Å². The molecule has 0 N–H and O–H groups in total. The molecule has 0 spiro atoms. The molecule has 0 atom stereocenters. The summed E-state index contributed by atoms with van der Waals surface area (Å²) in [6, 6.07) is 16.3. The van der Waals surface area contributed by atoms with Crippen LogP contribution in [-0.2, 0) is 6.67 Å². The number of rotatable bonds is 7. The Morgan fingerprint density at radius 3 is 2.45 bits per heavy atom. The van der Waals surface area contributed by atoms with Crippen LogP contribution in [0.1, 0.15) is 19.8 Å². The summed E-state index contributed by atoms with van der Waals surface area (Å²) in [5.74, 6) is 1.40. The lowest BCUT2D eigenvalue weighted by atomic mass is 10.1. The van der Waals surface area contributed by atoms with Crippen molar-refractivity contribution >= 4 is 0 Å². The van der Waals surface area contributed by atoms with E-state index in [9.17, 15) is 4.39 Å². The highest BCUT2D eigenvalue weighted by atomic mass is 19.1. The van der Waals surface area contributed by atoms with E-state index in [1.54, 1.807) is 12.1 Å². The van der Waals surface area contributed by atoms with Crippen LogP contribution in [-0.4, -0.2) is 40.5 Å². The second kappa shape index (κ2) is 9.09. The van der Waals surface area contributed by atoms with Crippen molar-refractivity contribution in [2.75, 3.05) is 19.7 Å². The van der Waals surface area contributed by atoms with E-state index in [0.717, 1.165) is 55.4 Å². The van der Waals surface area contributed by atoms with E-state index in [-0.39, 0.29) is 11.9 Å². The molecule has 1 aromatic heterocycles. The fourth-order valence-electron chi connectivity index (χ4n) is 3.59. The fourth-order valence-corrected chi connectivity index (χ4v) is 3.59. The predicted octanol–water partition coefficient (Wildman–Crippen LogP) is 4.59. The predicted molar refractivity (Wildman–Crippen MR) is 110 cm³/mol. The molecule has 3 aromatic rings. The molecule has 29 heavy (non-hydrogen) atoms. The Labute approximate surface area is 170 Å². The number of halogens is 1. The molecule has 1 aliphatic rings. The van der Waals surface area contributed by atoms with Gasteiger partial charge in [-0.3, -0.25) is 9.58 Å². The molecule has 1 saturated heterocycles. The Morgan fingerprint density at radius 1 is 1.00 bits per heavy atom. The normalized spacial score (nSPS) is 15.4. The Hall–Kier alpha value is -2.86. The molecule has 0 radical (unpaired) electrons. The van der Waals surface area contributed by atoms with E-state index in [4.69, 9.17) is 9.47 Å². The average Bonchev–Trinajstić information content (AvgIpc) is 3.20. The van der Waals surface area contributed by atoms with Gasteiger partial charge in [0.1, 0.15) is 11.9 Å². The van der Waals surface area contributed by atoms with Crippen LogP contribution < -0.4 is 9.47 Å². The highest BCUT2D eigenvalue weighted by Gasteiger charge is 2.22. The quantitative estimate of drug-likeness (QED) is 0.587. The van der Waals surface area contributed by atoms with Crippen molar-refractivity contribution in [1.82, 2.24) is 14.7 Å².